The smallest absolute Gasteiger partial charge is 0.304 e. The maximum Gasteiger partial charge on any atom is 0.304 e. The summed E-state index contributed by atoms with van der Waals surface area (Å²) >= 11 is 0. The van der Waals surface area contributed by atoms with Gasteiger partial charge in [0.15, 0.2) is 0 Å². The Morgan fingerprint density at radius 1 is 0.909 bits per heavy atom. The van der Waals surface area contributed by atoms with Gasteiger partial charge in [0.25, 0.3) is 0 Å². The summed E-state index contributed by atoms with van der Waals surface area (Å²) in [5, 5.41) is 0. The minimum absolute atomic E-state index is 0.0168. The molecule has 0 spiro atoms. The van der Waals surface area contributed by atoms with Gasteiger partial charge in [-0.25, -0.2) is 0 Å². The summed E-state index contributed by atoms with van der Waals surface area (Å²) < 4.78 is 29.2. The highest BCUT2D eigenvalue weighted by Gasteiger charge is 2.31. The van der Waals surface area contributed by atoms with Gasteiger partial charge in [0.2, 0.25) is 0 Å². The van der Waals surface area contributed by atoms with Gasteiger partial charge >= 0.3 is 6.08 Å². The molecule has 2 saturated carbocycles. The van der Waals surface area contributed by atoms with Crippen molar-refractivity contribution in [2.24, 2.45) is 17.8 Å². The lowest BCUT2D eigenvalue weighted by atomic mass is 9.70. The fourth-order valence-corrected chi connectivity index (χ4v) is 4.48. The van der Waals surface area contributed by atoms with Crippen LogP contribution in [0.3, 0.4) is 0 Å². The van der Waals surface area contributed by atoms with Gasteiger partial charge < -0.3 is 4.74 Å². The Kier molecular flexibility index (Phi) is 7.68. The molecule has 1 nitrogen and oxygen atoms in total. The summed E-state index contributed by atoms with van der Waals surface area (Å²) in [7, 11) is 0. The van der Waals surface area contributed by atoms with Crippen molar-refractivity contribution < 1.29 is 13.5 Å². The van der Waals surface area contributed by atoms with E-state index in [0.29, 0.717) is 6.26 Å². The Bertz CT molecular complexity index is 322. The first kappa shape index (κ1) is 17.7. The minimum atomic E-state index is -1.72. The van der Waals surface area contributed by atoms with Crippen LogP contribution in [0.4, 0.5) is 8.78 Å². The SMILES string of the molecule is CCCCC[C@H]1CC[C@H]([C@H]2CC[C@H](OC=C(F)F)CC2)CC1. The van der Waals surface area contributed by atoms with Gasteiger partial charge in [-0.15, -0.1) is 0 Å². The normalized spacial score (nSPS) is 32.5. The number of hydrogen-bond acceptors (Lipinski definition) is 1. The van der Waals surface area contributed by atoms with E-state index in [9.17, 15) is 8.78 Å². The van der Waals surface area contributed by atoms with Crippen molar-refractivity contribution in [1.29, 1.82) is 0 Å². The second-order valence-corrected chi connectivity index (χ2v) is 7.36. The van der Waals surface area contributed by atoms with Gasteiger partial charge in [-0.1, -0.05) is 45.4 Å². The van der Waals surface area contributed by atoms with E-state index in [-0.39, 0.29) is 6.10 Å². The van der Waals surface area contributed by atoms with Crippen LogP contribution in [-0.4, -0.2) is 6.10 Å². The Hall–Kier alpha value is -0.600. The topological polar surface area (TPSA) is 9.23 Å². The molecular weight excluding hydrogens is 282 g/mol. The fourth-order valence-electron chi connectivity index (χ4n) is 4.48. The highest BCUT2D eigenvalue weighted by Crippen LogP contribution is 2.41. The van der Waals surface area contributed by atoms with Crippen LogP contribution in [0.25, 0.3) is 0 Å². The molecule has 0 aromatic rings. The van der Waals surface area contributed by atoms with E-state index in [1.165, 1.54) is 51.4 Å². The lowest BCUT2D eigenvalue weighted by molar-refractivity contribution is 0.0577. The molecule has 0 heterocycles. The van der Waals surface area contributed by atoms with Crippen LogP contribution in [0.1, 0.15) is 84.0 Å². The largest absolute Gasteiger partial charge is 0.492 e. The first-order valence-corrected chi connectivity index (χ1v) is 9.35. The van der Waals surface area contributed by atoms with Crippen LogP contribution >= 0.6 is 0 Å². The van der Waals surface area contributed by atoms with Crippen molar-refractivity contribution in [1.82, 2.24) is 0 Å². The van der Waals surface area contributed by atoms with E-state index < -0.39 is 6.08 Å². The molecule has 22 heavy (non-hydrogen) atoms. The summed E-state index contributed by atoms with van der Waals surface area (Å²) in [5.74, 6) is 2.67. The summed E-state index contributed by atoms with van der Waals surface area (Å²) in [4.78, 5) is 0. The highest BCUT2D eigenvalue weighted by molar-refractivity contribution is 4.83. The summed E-state index contributed by atoms with van der Waals surface area (Å²) in [6, 6.07) is 0. The molecule has 2 rings (SSSR count). The first-order valence-electron chi connectivity index (χ1n) is 9.35. The Balaban J connectivity index is 1.63. The molecule has 2 aliphatic carbocycles. The molecule has 0 atom stereocenters. The van der Waals surface area contributed by atoms with Crippen LogP contribution in [0, 0.1) is 17.8 Å². The molecule has 0 aromatic heterocycles. The van der Waals surface area contributed by atoms with E-state index in [0.717, 1.165) is 43.4 Å². The van der Waals surface area contributed by atoms with Crippen molar-refractivity contribution in [2.75, 3.05) is 0 Å². The quantitative estimate of drug-likeness (QED) is 0.376. The maximum atomic E-state index is 12.0. The van der Waals surface area contributed by atoms with Crippen molar-refractivity contribution in [3.63, 3.8) is 0 Å². The molecule has 2 aliphatic rings. The average Bonchev–Trinajstić information content (AvgIpc) is 2.54. The summed E-state index contributed by atoms with van der Waals surface area (Å²) in [6.07, 6.45) is 14.3. The lowest BCUT2D eigenvalue weighted by Gasteiger charge is -2.37. The molecule has 0 radical (unpaired) electrons. The molecule has 0 aliphatic heterocycles. The third-order valence-corrected chi connectivity index (χ3v) is 5.84. The van der Waals surface area contributed by atoms with E-state index >= 15 is 0 Å². The number of hydrogen-bond donors (Lipinski definition) is 0. The highest BCUT2D eigenvalue weighted by atomic mass is 19.3. The molecule has 0 amide bonds. The van der Waals surface area contributed by atoms with E-state index in [4.69, 9.17) is 4.74 Å². The van der Waals surface area contributed by atoms with E-state index in [2.05, 4.69) is 6.92 Å². The molecular formula is C19H32F2O. The van der Waals surface area contributed by atoms with Crippen LogP contribution < -0.4 is 0 Å². The zero-order chi connectivity index (χ0) is 15.8. The van der Waals surface area contributed by atoms with E-state index in [1.54, 1.807) is 0 Å². The number of ether oxygens (including phenoxy) is 1. The molecule has 0 N–H and O–H groups in total. The Morgan fingerprint density at radius 2 is 1.50 bits per heavy atom. The van der Waals surface area contributed by atoms with Crippen LogP contribution in [0.2, 0.25) is 0 Å². The Morgan fingerprint density at radius 3 is 2.05 bits per heavy atom. The molecule has 0 saturated heterocycles. The van der Waals surface area contributed by atoms with Crippen molar-refractivity contribution in [3.8, 4) is 0 Å². The third kappa shape index (κ3) is 5.89. The summed E-state index contributed by atoms with van der Waals surface area (Å²) in [6.45, 7) is 2.27. The van der Waals surface area contributed by atoms with E-state index in [1.807, 2.05) is 0 Å². The molecule has 3 heteroatoms. The summed E-state index contributed by atoms with van der Waals surface area (Å²) in [5.41, 5.74) is 0. The first-order chi connectivity index (χ1) is 10.7. The van der Waals surface area contributed by atoms with Gasteiger partial charge in [-0.3, -0.25) is 0 Å². The van der Waals surface area contributed by atoms with Crippen LogP contribution in [-0.2, 0) is 4.74 Å². The second kappa shape index (κ2) is 9.52. The standard InChI is InChI=1S/C19H32F2O/c1-2-3-4-5-15-6-8-16(9-7-15)17-10-12-18(13-11-17)22-14-19(20)21/h14-18H,2-13H2,1H3/t15-,16-,17-,18-. The van der Waals surface area contributed by atoms with Crippen molar-refractivity contribution in [3.05, 3.63) is 12.3 Å². The van der Waals surface area contributed by atoms with Gasteiger partial charge in [-0.05, 0) is 56.3 Å². The fraction of sp³-hybridized carbons (Fsp3) is 0.895. The number of unbranched alkanes of at least 4 members (excludes halogenated alkanes) is 2. The Labute approximate surface area is 134 Å². The second-order valence-electron chi connectivity index (χ2n) is 7.36. The minimum Gasteiger partial charge on any atom is -0.492 e. The van der Waals surface area contributed by atoms with Gasteiger partial charge in [-0.2, -0.15) is 8.78 Å². The predicted molar refractivity (Wildman–Crippen MR) is 86.7 cm³/mol. The van der Waals surface area contributed by atoms with Gasteiger partial charge in [0.1, 0.15) is 6.26 Å². The molecule has 0 unspecified atom stereocenters. The maximum absolute atomic E-state index is 12.0. The van der Waals surface area contributed by atoms with Crippen molar-refractivity contribution in [2.45, 2.75) is 90.1 Å². The molecule has 0 bridgehead atoms. The van der Waals surface area contributed by atoms with Gasteiger partial charge in [0, 0.05) is 0 Å². The molecule has 0 aromatic carbocycles. The number of rotatable bonds is 7. The predicted octanol–water partition coefficient (Wildman–Crippen LogP) is 6.69. The lowest BCUT2D eigenvalue weighted by Crippen LogP contribution is -2.28. The molecule has 2 fully saturated rings. The van der Waals surface area contributed by atoms with Crippen molar-refractivity contribution >= 4 is 0 Å². The molecule has 128 valence electrons. The average molecular weight is 314 g/mol. The van der Waals surface area contributed by atoms with Crippen LogP contribution in [0.5, 0.6) is 0 Å². The van der Waals surface area contributed by atoms with Gasteiger partial charge in [0.05, 0.1) is 6.10 Å². The third-order valence-electron chi connectivity index (χ3n) is 5.84. The zero-order valence-electron chi connectivity index (χ0n) is 14.0. The zero-order valence-corrected chi connectivity index (χ0v) is 14.0. The monoisotopic (exact) mass is 314 g/mol. The van der Waals surface area contributed by atoms with Crippen LogP contribution in [0.15, 0.2) is 12.3 Å². The number of halogens is 2.